The SMILES string of the molecule is N#Cc1cc(F)c(CNC2CCCNC2=O)c(F)c1. The van der Waals surface area contributed by atoms with Gasteiger partial charge in [-0.2, -0.15) is 5.26 Å². The molecular weight excluding hydrogens is 252 g/mol. The Balaban J connectivity index is 2.07. The van der Waals surface area contributed by atoms with Crippen molar-refractivity contribution in [2.24, 2.45) is 0 Å². The predicted molar refractivity (Wildman–Crippen MR) is 63.9 cm³/mol. The zero-order valence-corrected chi connectivity index (χ0v) is 10.2. The van der Waals surface area contributed by atoms with Crippen LogP contribution in [-0.4, -0.2) is 18.5 Å². The van der Waals surface area contributed by atoms with Crippen LogP contribution >= 0.6 is 0 Å². The van der Waals surface area contributed by atoms with Gasteiger partial charge in [0.2, 0.25) is 5.91 Å². The van der Waals surface area contributed by atoms with Gasteiger partial charge >= 0.3 is 0 Å². The van der Waals surface area contributed by atoms with Gasteiger partial charge in [0.25, 0.3) is 0 Å². The van der Waals surface area contributed by atoms with Crippen LogP contribution in [0, 0.1) is 23.0 Å². The van der Waals surface area contributed by atoms with E-state index in [0.717, 1.165) is 18.6 Å². The van der Waals surface area contributed by atoms with E-state index >= 15 is 0 Å². The van der Waals surface area contributed by atoms with E-state index < -0.39 is 17.7 Å². The van der Waals surface area contributed by atoms with Crippen LogP contribution in [0.2, 0.25) is 0 Å². The summed E-state index contributed by atoms with van der Waals surface area (Å²) in [7, 11) is 0. The van der Waals surface area contributed by atoms with Gasteiger partial charge in [-0.05, 0) is 25.0 Å². The van der Waals surface area contributed by atoms with Crippen molar-refractivity contribution in [1.82, 2.24) is 10.6 Å². The van der Waals surface area contributed by atoms with E-state index in [1.54, 1.807) is 6.07 Å². The lowest BCUT2D eigenvalue weighted by atomic mass is 10.1. The second-order valence-corrected chi connectivity index (χ2v) is 4.40. The summed E-state index contributed by atoms with van der Waals surface area (Å²) < 4.78 is 27.2. The highest BCUT2D eigenvalue weighted by Crippen LogP contribution is 2.15. The molecule has 0 saturated carbocycles. The highest BCUT2D eigenvalue weighted by atomic mass is 19.1. The molecule has 4 nitrogen and oxygen atoms in total. The van der Waals surface area contributed by atoms with Crippen LogP contribution in [-0.2, 0) is 11.3 Å². The number of hydrogen-bond donors (Lipinski definition) is 2. The third-order valence-corrected chi connectivity index (χ3v) is 3.08. The molecule has 1 saturated heterocycles. The molecule has 0 spiro atoms. The van der Waals surface area contributed by atoms with Crippen molar-refractivity contribution in [3.8, 4) is 6.07 Å². The van der Waals surface area contributed by atoms with E-state index in [1.807, 2.05) is 0 Å². The van der Waals surface area contributed by atoms with Crippen LogP contribution in [0.15, 0.2) is 12.1 Å². The molecule has 19 heavy (non-hydrogen) atoms. The molecule has 0 aliphatic carbocycles. The molecule has 1 unspecified atom stereocenters. The first-order valence-corrected chi connectivity index (χ1v) is 6.01. The van der Waals surface area contributed by atoms with Crippen molar-refractivity contribution in [3.05, 3.63) is 34.9 Å². The van der Waals surface area contributed by atoms with E-state index in [1.165, 1.54) is 0 Å². The lowest BCUT2D eigenvalue weighted by Gasteiger charge is -2.23. The van der Waals surface area contributed by atoms with Gasteiger partial charge < -0.3 is 10.6 Å². The number of nitriles is 1. The van der Waals surface area contributed by atoms with Gasteiger partial charge in [0.05, 0.1) is 17.7 Å². The van der Waals surface area contributed by atoms with Crippen LogP contribution in [0.4, 0.5) is 8.78 Å². The summed E-state index contributed by atoms with van der Waals surface area (Å²) in [6.45, 7) is 0.554. The third kappa shape index (κ3) is 3.06. The standard InChI is InChI=1S/C13H13F2N3O/c14-10-4-8(6-16)5-11(15)9(10)7-18-12-2-1-3-17-13(12)19/h4-5,12,18H,1-3,7H2,(H,17,19). The summed E-state index contributed by atoms with van der Waals surface area (Å²) in [6.07, 6.45) is 1.48. The normalized spacial score (nSPS) is 18.8. The van der Waals surface area contributed by atoms with Crippen molar-refractivity contribution in [2.75, 3.05) is 6.54 Å². The smallest absolute Gasteiger partial charge is 0.237 e. The van der Waals surface area contributed by atoms with E-state index in [9.17, 15) is 13.6 Å². The van der Waals surface area contributed by atoms with E-state index in [2.05, 4.69) is 10.6 Å². The number of carbonyl (C=O) groups is 1. The molecule has 1 fully saturated rings. The van der Waals surface area contributed by atoms with Crippen molar-refractivity contribution >= 4 is 5.91 Å². The molecule has 100 valence electrons. The Labute approximate surface area is 109 Å². The molecule has 6 heteroatoms. The Morgan fingerprint density at radius 1 is 1.42 bits per heavy atom. The maximum atomic E-state index is 13.6. The number of benzene rings is 1. The number of halogens is 2. The van der Waals surface area contributed by atoms with Crippen molar-refractivity contribution in [3.63, 3.8) is 0 Å². The third-order valence-electron chi connectivity index (χ3n) is 3.08. The fourth-order valence-electron chi connectivity index (χ4n) is 2.03. The molecule has 2 N–H and O–H groups in total. The molecule has 0 bridgehead atoms. The van der Waals surface area contributed by atoms with Crippen LogP contribution < -0.4 is 10.6 Å². The molecule has 1 aliphatic rings. The van der Waals surface area contributed by atoms with E-state index in [0.29, 0.717) is 13.0 Å². The average molecular weight is 265 g/mol. The number of amides is 1. The Hall–Kier alpha value is -2.00. The largest absolute Gasteiger partial charge is 0.355 e. The number of nitrogens with zero attached hydrogens (tertiary/aromatic N) is 1. The zero-order chi connectivity index (χ0) is 13.8. The van der Waals surface area contributed by atoms with E-state index in [4.69, 9.17) is 5.26 Å². The number of piperidine rings is 1. The van der Waals surface area contributed by atoms with Crippen molar-refractivity contribution in [2.45, 2.75) is 25.4 Å². The molecule has 1 aromatic carbocycles. The van der Waals surface area contributed by atoms with Gasteiger partial charge in [0.15, 0.2) is 0 Å². The summed E-state index contributed by atoms with van der Waals surface area (Å²) in [6, 6.07) is 3.23. The fraction of sp³-hybridized carbons (Fsp3) is 0.385. The Morgan fingerprint density at radius 2 is 2.11 bits per heavy atom. The Bertz CT molecular complexity index is 516. The number of nitrogens with one attached hydrogen (secondary N) is 2. The van der Waals surface area contributed by atoms with Gasteiger partial charge in [-0.3, -0.25) is 4.79 Å². The first kappa shape index (κ1) is 13.4. The summed E-state index contributed by atoms with van der Waals surface area (Å²) in [5, 5.41) is 14.1. The van der Waals surface area contributed by atoms with Crippen LogP contribution in [0.1, 0.15) is 24.0 Å². The Morgan fingerprint density at radius 3 is 2.68 bits per heavy atom. The minimum Gasteiger partial charge on any atom is -0.355 e. The number of hydrogen-bond acceptors (Lipinski definition) is 3. The Kier molecular flexibility index (Phi) is 4.07. The predicted octanol–water partition coefficient (Wildman–Crippen LogP) is 1.20. The molecule has 1 atom stereocenters. The quantitative estimate of drug-likeness (QED) is 0.863. The van der Waals surface area contributed by atoms with Gasteiger partial charge in [0.1, 0.15) is 11.6 Å². The number of carbonyl (C=O) groups excluding carboxylic acids is 1. The summed E-state index contributed by atoms with van der Waals surface area (Å²) in [4.78, 5) is 11.5. The highest BCUT2D eigenvalue weighted by molar-refractivity contribution is 5.82. The summed E-state index contributed by atoms with van der Waals surface area (Å²) in [5.41, 5.74) is -0.216. The van der Waals surface area contributed by atoms with Crippen molar-refractivity contribution in [1.29, 1.82) is 5.26 Å². The molecule has 0 radical (unpaired) electrons. The van der Waals surface area contributed by atoms with Crippen LogP contribution in [0.5, 0.6) is 0 Å². The van der Waals surface area contributed by atoms with E-state index in [-0.39, 0.29) is 23.6 Å². The monoisotopic (exact) mass is 265 g/mol. The summed E-state index contributed by atoms with van der Waals surface area (Å²) in [5.74, 6) is -1.71. The molecular formula is C13H13F2N3O. The first-order valence-electron chi connectivity index (χ1n) is 6.01. The van der Waals surface area contributed by atoms with Crippen molar-refractivity contribution < 1.29 is 13.6 Å². The molecule has 1 amide bonds. The van der Waals surface area contributed by atoms with Crippen LogP contribution in [0.3, 0.4) is 0 Å². The zero-order valence-electron chi connectivity index (χ0n) is 10.2. The lowest BCUT2D eigenvalue weighted by molar-refractivity contribution is -0.124. The highest BCUT2D eigenvalue weighted by Gasteiger charge is 2.22. The average Bonchev–Trinajstić information content (AvgIpc) is 2.39. The topological polar surface area (TPSA) is 64.9 Å². The van der Waals surface area contributed by atoms with Gasteiger partial charge in [-0.15, -0.1) is 0 Å². The first-order chi connectivity index (χ1) is 9.11. The lowest BCUT2D eigenvalue weighted by Crippen LogP contribution is -2.48. The molecule has 1 heterocycles. The molecule has 1 aromatic rings. The minimum absolute atomic E-state index is 0.0610. The second-order valence-electron chi connectivity index (χ2n) is 4.40. The van der Waals surface area contributed by atoms with Gasteiger partial charge in [0, 0.05) is 18.7 Å². The van der Waals surface area contributed by atoms with Crippen LogP contribution in [0.25, 0.3) is 0 Å². The van der Waals surface area contributed by atoms with Gasteiger partial charge in [-0.25, -0.2) is 8.78 Å². The molecule has 1 aliphatic heterocycles. The maximum Gasteiger partial charge on any atom is 0.237 e. The fourth-order valence-corrected chi connectivity index (χ4v) is 2.03. The maximum absolute atomic E-state index is 13.6. The minimum atomic E-state index is -0.778. The second kappa shape index (κ2) is 5.76. The molecule has 0 aromatic heterocycles. The molecule has 2 rings (SSSR count). The summed E-state index contributed by atoms with van der Waals surface area (Å²) >= 11 is 0. The van der Waals surface area contributed by atoms with Gasteiger partial charge in [-0.1, -0.05) is 0 Å². The number of rotatable bonds is 3.